The van der Waals surface area contributed by atoms with Gasteiger partial charge in [0.05, 0.1) is 40.0 Å². The molecule has 3 heterocycles. The van der Waals surface area contributed by atoms with E-state index in [9.17, 15) is 15.0 Å². The van der Waals surface area contributed by atoms with E-state index in [1.54, 1.807) is 36.8 Å². The van der Waals surface area contributed by atoms with Crippen LogP contribution in [0.5, 0.6) is 11.6 Å². The normalized spacial score (nSPS) is 11.5. The van der Waals surface area contributed by atoms with Crippen LogP contribution >= 0.6 is 0 Å². The van der Waals surface area contributed by atoms with Gasteiger partial charge in [0.1, 0.15) is 0 Å². The van der Waals surface area contributed by atoms with Crippen LogP contribution in [0, 0.1) is 5.92 Å². The number of aromatic amines is 2. The first kappa shape index (κ1) is 16.9. The molecule has 138 valence electrons. The van der Waals surface area contributed by atoms with E-state index in [4.69, 9.17) is 0 Å². The van der Waals surface area contributed by atoms with Gasteiger partial charge in [-0.2, -0.15) is 5.10 Å². The first-order chi connectivity index (χ1) is 13.0. The molecule has 4 rings (SSSR count). The van der Waals surface area contributed by atoms with Gasteiger partial charge in [0.2, 0.25) is 5.88 Å². The molecule has 0 aliphatic heterocycles. The summed E-state index contributed by atoms with van der Waals surface area (Å²) in [4.78, 5) is 20.0. The van der Waals surface area contributed by atoms with Crippen molar-refractivity contribution >= 4 is 16.8 Å². The number of aromatic hydroxyl groups is 2. The van der Waals surface area contributed by atoms with Gasteiger partial charge >= 0.3 is 0 Å². The highest BCUT2D eigenvalue weighted by atomic mass is 16.3. The fourth-order valence-electron chi connectivity index (χ4n) is 3.24. The predicted octanol–water partition coefficient (Wildman–Crippen LogP) is 3.38. The van der Waals surface area contributed by atoms with Crippen LogP contribution < -0.4 is 0 Å². The summed E-state index contributed by atoms with van der Waals surface area (Å²) in [5.41, 5.74) is 3.08. The highest BCUT2D eigenvalue weighted by Crippen LogP contribution is 2.43. The van der Waals surface area contributed by atoms with Gasteiger partial charge in [-0.3, -0.25) is 14.5 Å². The number of carbonyl (C=O) groups is 1. The Morgan fingerprint density at radius 3 is 2.78 bits per heavy atom. The van der Waals surface area contributed by atoms with Crippen molar-refractivity contribution in [2.75, 3.05) is 0 Å². The Morgan fingerprint density at radius 1 is 1.26 bits per heavy atom. The number of nitrogens with one attached hydrogen (secondary N) is 2. The van der Waals surface area contributed by atoms with E-state index < -0.39 is 11.6 Å². The molecule has 1 aromatic carbocycles. The third kappa shape index (κ3) is 2.75. The van der Waals surface area contributed by atoms with Crippen LogP contribution in [0.15, 0.2) is 36.8 Å². The topological polar surface area (TPSA) is 120 Å². The molecular weight excluding hydrogens is 346 g/mol. The molecule has 0 aliphatic rings. The first-order valence-corrected chi connectivity index (χ1v) is 8.60. The molecule has 0 saturated carbocycles. The van der Waals surface area contributed by atoms with Crippen molar-refractivity contribution in [3.05, 3.63) is 42.4 Å². The number of H-pyrrole nitrogens is 2. The Bertz CT molecular complexity index is 1120. The lowest BCUT2D eigenvalue weighted by molar-refractivity contribution is 0.0966. The third-order valence-corrected chi connectivity index (χ3v) is 4.41. The molecule has 0 radical (unpaired) electrons. The number of ketones is 1. The summed E-state index contributed by atoms with van der Waals surface area (Å²) in [5, 5.41) is 28.0. The van der Waals surface area contributed by atoms with Crippen molar-refractivity contribution < 1.29 is 15.0 Å². The molecule has 27 heavy (non-hydrogen) atoms. The molecule has 8 heteroatoms. The molecule has 4 N–H and O–H groups in total. The summed E-state index contributed by atoms with van der Waals surface area (Å²) in [6.45, 7) is 3.85. The van der Waals surface area contributed by atoms with Gasteiger partial charge in [0, 0.05) is 12.6 Å². The minimum absolute atomic E-state index is 0.0788. The van der Waals surface area contributed by atoms with Gasteiger partial charge in [0.15, 0.2) is 11.5 Å². The second-order valence-electron chi connectivity index (χ2n) is 6.83. The first-order valence-electron chi connectivity index (χ1n) is 8.60. The van der Waals surface area contributed by atoms with Gasteiger partial charge in [-0.05, 0) is 30.2 Å². The quantitative estimate of drug-likeness (QED) is 0.404. The average molecular weight is 365 g/mol. The van der Waals surface area contributed by atoms with E-state index in [0.29, 0.717) is 17.1 Å². The zero-order chi connectivity index (χ0) is 19.1. The smallest absolute Gasteiger partial charge is 0.240 e. The molecule has 0 spiro atoms. The van der Waals surface area contributed by atoms with Gasteiger partial charge in [0.25, 0.3) is 0 Å². The fraction of sp³-hybridized carbons (Fsp3) is 0.211. The van der Waals surface area contributed by atoms with Crippen LogP contribution in [-0.4, -0.2) is 40.7 Å². The summed E-state index contributed by atoms with van der Waals surface area (Å²) in [6, 6.07) is 7.03. The number of benzene rings is 1. The number of carbonyl (C=O) groups excluding carboxylic acids is 1. The van der Waals surface area contributed by atoms with Crippen molar-refractivity contribution in [3.8, 4) is 28.7 Å². The Morgan fingerprint density at radius 2 is 2.07 bits per heavy atom. The van der Waals surface area contributed by atoms with Crippen molar-refractivity contribution in [3.63, 3.8) is 0 Å². The van der Waals surface area contributed by atoms with Crippen molar-refractivity contribution in [1.29, 1.82) is 0 Å². The molecule has 0 fully saturated rings. The van der Waals surface area contributed by atoms with Crippen molar-refractivity contribution in [1.82, 2.24) is 24.7 Å². The molecule has 4 aromatic rings. The number of hydrogen-bond donors (Lipinski definition) is 4. The average Bonchev–Trinajstić information content (AvgIpc) is 3.34. The fourth-order valence-corrected chi connectivity index (χ4v) is 3.24. The molecule has 0 atom stereocenters. The molecule has 3 aromatic heterocycles. The minimum Gasteiger partial charge on any atom is -0.503 e. The molecule has 0 bridgehead atoms. The van der Waals surface area contributed by atoms with Crippen molar-refractivity contribution in [2.24, 2.45) is 5.92 Å². The van der Waals surface area contributed by atoms with E-state index in [1.807, 2.05) is 13.8 Å². The number of Topliss-reactive ketones (excluding diaryl/α,β-unsaturated/α-hetero) is 1. The number of hydrogen-bond acceptors (Lipinski definition) is 5. The van der Waals surface area contributed by atoms with Crippen LogP contribution in [0.2, 0.25) is 0 Å². The molecule has 8 nitrogen and oxygen atoms in total. The Kier molecular flexibility index (Phi) is 3.95. The second kappa shape index (κ2) is 6.31. The summed E-state index contributed by atoms with van der Waals surface area (Å²) < 4.78 is 1.44. The van der Waals surface area contributed by atoms with E-state index in [-0.39, 0.29) is 23.7 Å². The maximum atomic E-state index is 12.8. The molecule has 0 aliphatic carbocycles. The van der Waals surface area contributed by atoms with E-state index >= 15 is 0 Å². The van der Waals surface area contributed by atoms with Gasteiger partial charge in [-0.1, -0.05) is 13.8 Å². The summed E-state index contributed by atoms with van der Waals surface area (Å²) in [5.74, 6) is -0.970. The maximum Gasteiger partial charge on any atom is 0.240 e. The van der Waals surface area contributed by atoms with Crippen LogP contribution in [0.4, 0.5) is 0 Å². The zero-order valence-corrected chi connectivity index (χ0v) is 14.9. The lowest BCUT2D eigenvalue weighted by atomic mass is 9.99. The number of nitrogens with zero attached hydrogens (tertiary/aromatic N) is 3. The predicted molar refractivity (Wildman–Crippen MR) is 100 cm³/mol. The number of aromatic nitrogens is 5. The van der Waals surface area contributed by atoms with Crippen LogP contribution in [-0.2, 0) is 0 Å². The highest BCUT2D eigenvalue weighted by Gasteiger charge is 2.30. The summed E-state index contributed by atoms with van der Waals surface area (Å²) >= 11 is 0. The van der Waals surface area contributed by atoms with Gasteiger partial charge < -0.3 is 15.2 Å². The number of fused-ring (bicyclic) bond motifs is 1. The Balaban J connectivity index is 1.99. The van der Waals surface area contributed by atoms with Gasteiger partial charge in [-0.15, -0.1) is 0 Å². The molecule has 0 saturated heterocycles. The van der Waals surface area contributed by atoms with Crippen LogP contribution in [0.1, 0.15) is 30.6 Å². The number of rotatable bonds is 5. The van der Waals surface area contributed by atoms with Crippen LogP contribution in [0.25, 0.3) is 28.1 Å². The monoisotopic (exact) mass is 365 g/mol. The molecular formula is C19H19N5O3. The SMILES string of the molecule is CC(C)CC(=O)c1c(O)c(O)n(-c2ccc3nc[nH]c3c2)c1-c1ccn[nH]1. The standard InChI is InChI=1S/C19H19N5O3/c1-10(2)7-15(25)16-17(13-5-6-22-23-13)24(19(27)18(16)26)11-3-4-12-14(8-11)21-9-20-12/h3-6,8-10,26-27H,7H2,1-2H3,(H,20,21)(H,22,23). The summed E-state index contributed by atoms with van der Waals surface area (Å²) in [7, 11) is 0. The third-order valence-electron chi connectivity index (χ3n) is 4.41. The Hall–Kier alpha value is -3.55. The molecule has 0 amide bonds. The largest absolute Gasteiger partial charge is 0.503 e. The van der Waals surface area contributed by atoms with Crippen molar-refractivity contribution in [2.45, 2.75) is 20.3 Å². The van der Waals surface area contributed by atoms with Gasteiger partial charge in [-0.25, -0.2) is 4.98 Å². The lowest BCUT2D eigenvalue weighted by Crippen LogP contribution is -2.06. The number of imidazole rings is 1. The minimum atomic E-state index is -0.435. The van der Waals surface area contributed by atoms with E-state index in [1.165, 1.54) is 4.57 Å². The molecule has 0 unspecified atom stereocenters. The van der Waals surface area contributed by atoms with E-state index in [2.05, 4.69) is 20.2 Å². The van der Waals surface area contributed by atoms with Crippen LogP contribution in [0.3, 0.4) is 0 Å². The maximum absolute atomic E-state index is 12.8. The second-order valence-corrected chi connectivity index (χ2v) is 6.83. The lowest BCUT2D eigenvalue weighted by Gasteiger charge is -2.11. The highest BCUT2D eigenvalue weighted by molar-refractivity contribution is 6.05. The summed E-state index contributed by atoms with van der Waals surface area (Å²) in [6.07, 6.45) is 3.38. The zero-order valence-electron chi connectivity index (χ0n) is 14.9. The Labute approximate surface area is 154 Å². The van der Waals surface area contributed by atoms with E-state index in [0.717, 1.165) is 11.0 Å².